The first-order valence-corrected chi connectivity index (χ1v) is 30.0. The number of methoxy groups -OCH3 is 1. The molecule has 1 aliphatic carbocycles. The van der Waals surface area contributed by atoms with E-state index in [9.17, 15) is 29.1 Å². The van der Waals surface area contributed by atoms with Crippen LogP contribution in [-0.2, 0) is 23.9 Å². The fourth-order valence-corrected chi connectivity index (χ4v) is 13.7. The van der Waals surface area contributed by atoms with Gasteiger partial charge in [-0.1, -0.05) is 57.2 Å². The van der Waals surface area contributed by atoms with Crippen LogP contribution in [0.5, 0.6) is 5.75 Å². The van der Waals surface area contributed by atoms with Crippen molar-refractivity contribution in [2.75, 3.05) is 31.6 Å². The Morgan fingerprint density at radius 2 is 1.60 bits per heavy atom. The molecule has 4 amide bonds. The van der Waals surface area contributed by atoms with Gasteiger partial charge in [-0.2, -0.15) is 0 Å². The first kappa shape index (κ1) is 57.1. The molecule has 7 aromatic rings. The van der Waals surface area contributed by atoms with E-state index in [1.807, 2.05) is 82.0 Å². The van der Waals surface area contributed by atoms with Crippen LogP contribution in [0.3, 0.4) is 0 Å². The summed E-state index contributed by atoms with van der Waals surface area (Å²) in [7, 11) is 1.38. The number of hydrogen-bond donors (Lipinski definition) is 4. The number of nitrogens with zero attached hydrogens (tertiary/aromatic N) is 7. The predicted octanol–water partition coefficient (Wildman–Crippen LogP) is 8.81. The summed E-state index contributed by atoms with van der Waals surface area (Å²) in [5.74, 6) is 0.0789. The lowest BCUT2D eigenvalue weighted by Gasteiger charge is -2.38. The second-order valence-electron chi connectivity index (χ2n) is 23.5. The van der Waals surface area contributed by atoms with Crippen LogP contribution in [0, 0.1) is 39.0 Å². The number of anilines is 1. The number of piperidine rings is 1. The van der Waals surface area contributed by atoms with E-state index < -0.39 is 47.4 Å². The minimum atomic E-state index is -1.06. The van der Waals surface area contributed by atoms with Crippen molar-refractivity contribution in [2.24, 2.45) is 16.3 Å². The first-order chi connectivity index (χ1) is 39.7. The number of esters is 1. The van der Waals surface area contributed by atoms with Gasteiger partial charge in [-0.25, -0.2) is 4.98 Å². The summed E-state index contributed by atoms with van der Waals surface area (Å²) in [4.78, 5) is 83.8. The molecule has 4 N–H and O–H groups in total. The largest absolute Gasteiger partial charge is 0.490 e. The number of aromatic nitrogens is 4. The van der Waals surface area contributed by atoms with Gasteiger partial charge in [-0.05, 0) is 106 Å². The average Bonchev–Trinajstić information content (AvgIpc) is 2.23. The predicted molar refractivity (Wildman–Crippen MR) is 317 cm³/mol. The Labute approximate surface area is 489 Å². The first-order valence-electron chi connectivity index (χ1n) is 28.3. The summed E-state index contributed by atoms with van der Waals surface area (Å²) in [5, 5.41) is 30.5. The molecular formula is C62H70N10O9S2. The third kappa shape index (κ3) is 11.7. The van der Waals surface area contributed by atoms with Gasteiger partial charge in [0.05, 0.1) is 47.5 Å². The number of fused-ring (bicyclic) bond motifs is 4. The van der Waals surface area contributed by atoms with Gasteiger partial charge in [-0.3, -0.25) is 33.5 Å². The number of hydrogen-bond acceptors (Lipinski definition) is 16. The third-order valence-corrected chi connectivity index (χ3v) is 18.9. The van der Waals surface area contributed by atoms with Crippen LogP contribution < -0.4 is 25.6 Å². The number of furan rings is 1. The molecule has 4 aromatic heterocycles. The number of aliphatic imine (C=N–C) groups is 1. The van der Waals surface area contributed by atoms with Gasteiger partial charge < -0.3 is 44.7 Å². The van der Waals surface area contributed by atoms with E-state index in [1.54, 1.807) is 40.9 Å². The van der Waals surface area contributed by atoms with E-state index in [2.05, 4.69) is 74.1 Å². The Balaban J connectivity index is 0.656. The highest BCUT2D eigenvalue weighted by atomic mass is 32.1. The summed E-state index contributed by atoms with van der Waals surface area (Å²) in [6.07, 6.45) is 1.85. The fourth-order valence-electron chi connectivity index (χ4n) is 11.7. The van der Waals surface area contributed by atoms with Gasteiger partial charge in [0, 0.05) is 77.9 Å². The lowest BCUT2D eigenvalue weighted by Crippen LogP contribution is -2.57. The summed E-state index contributed by atoms with van der Waals surface area (Å²) in [6, 6.07) is 20.3. The molecule has 7 heterocycles. The summed E-state index contributed by atoms with van der Waals surface area (Å²) in [5.41, 5.74) is 9.32. The van der Waals surface area contributed by atoms with E-state index in [0.717, 1.165) is 86.5 Å². The zero-order chi connectivity index (χ0) is 58.6. The van der Waals surface area contributed by atoms with Gasteiger partial charge in [0.15, 0.2) is 11.6 Å². The van der Waals surface area contributed by atoms with Gasteiger partial charge in [0.25, 0.3) is 5.91 Å². The Morgan fingerprint density at radius 1 is 0.880 bits per heavy atom. The molecule has 19 nitrogen and oxygen atoms in total. The van der Waals surface area contributed by atoms with Crippen LogP contribution >= 0.6 is 22.7 Å². The number of rotatable bonds is 15. The van der Waals surface area contributed by atoms with Crippen molar-refractivity contribution in [1.29, 1.82) is 0 Å². The second-order valence-corrected chi connectivity index (χ2v) is 25.6. The maximum atomic E-state index is 14.4. The molecule has 5 atom stereocenters. The highest BCUT2D eigenvalue weighted by Crippen LogP contribution is 2.41. The molecule has 2 saturated heterocycles. The number of benzene rings is 3. The summed E-state index contributed by atoms with van der Waals surface area (Å²) >= 11 is 3.24. The van der Waals surface area contributed by atoms with Gasteiger partial charge >= 0.3 is 5.97 Å². The van der Waals surface area contributed by atoms with Crippen molar-refractivity contribution in [1.82, 2.24) is 40.6 Å². The molecule has 434 valence electrons. The zero-order valence-corrected chi connectivity index (χ0v) is 49.8. The minimum Gasteiger partial charge on any atom is -0.490 e. The molecule has 4 aliphatic rings. The number of ether oxygens (including phenoxy) is 2. The minimum absolute atomic E-state index is 0.000850. The maximum Gasteiger partial charge on any atom is 0.308 e. The van der Waals surface area contributed by atoms with E-state index in [0.29, 0.717) is 35.4 Å². The highest BCUT2D eigenvalue weighted by Gasteiger charge is 2.45. The van der Waals surface area contributed by atoms with E-state index >= 15 is 0 Å². The van der Waals surface area contributed by atoms with Crippen LogP contribution in [0.15, 0.2) is 87.7 Å². The Kier molecular flexibility index (Phi) is 15.9. The molecular weight excluding hydrogens is 1090 g/mol. The van der Waals surface area contributed by atoms with Gasteiger partial charge in [-0.15, -0.1) is 32.9 Å². The fraction of sp³-hybridized carbons (Fsp3) is 0.435. The van der Waals surface area contributed by atoms with Crippen LogP contribution in [-0.4, -0.2) is 122 Å². The summed E-state index contributed by atoms with van der Waals surface area (Å²) in [6.45, 7) is 16.9. The molecule has 11 rings (SSSR count). The van der Waals surface area contributed by atoms with E-state index in [-0.39, 0.29) is 61.1 Å². The number of thiazole rings is 1. The highest BCUT2D eigenvalue weighted by molar-refractivity contribution is 7.15. The lowest BCUT2D eigenvalue weighted by molar-refractivity contribution is -0.142. The quantitative estimate of drug-likeness (QED) is 0.0704. The zero-order valence-electron chi connectivity index (χ0n) is 48.1. The number of aliphatic hydroxyl groups is 1. The normalized spacial score (nSPS) is 20.6. The van der Waals surface area contributed by atoms with E-state index in [1.165, 1.54) is 16.9 Å². The SMILES string of the molecule is COC(=O)C[C@@H]1N=C(c2ccc(N3CCC(C(=O)N[C@H]4C[C@@H](Oc5ccc6oc(C(=O)NC(C(=O)N7C[C@H](O)C[C@H]7C(=O)N[C@@H](C)c7ccc(-c8scnc8C)cc7)C(C)(C)C)cc6c5)C4)CC3)cc2)c2c(sc(C)c2C)-n2c(C)nnc21. The topological polar surface area (TPSA) is 236 Å². The Morgan fingerprint density at radius 3 is 2.29 bits per heavy atom. The summed E-state index contributed by atoms with van der Waals surface area (Å²) < 4.78 is 19.4. The van der Waals surface area contributed by atoms with Crippen molar-refractivity contribution >= 4 is 74.6 Å². The standard InChI is InChI=1S/C62H70N10O9S2/c1-32-35(4)83-61-52(32)53(66-47(29-51(74)79-9)56-69-68-36(5)72(56)61)38-14-16-43(17-15-38)70-22-20-40(21-23-70)57(75)65-42-26-46(27-42)80-45-18-19-49-41(24-45)25-50(81-49)59(77)67-55(62(6,7)8)60(78)71-30-44(73)28-48(71)58(76)64-33(2)37-10-12-39(13-11-37)54-34(3)63-31-82-54/h10-19,24-25,31,33,40,42,44,46-48,55,73H,20-23,26-30H2,1-9H3,(H,64,76)(H,65,75)(H,67,77)/t33-,42-,44+,46+,47-,48-,55?/m0/s1. The molecule has 3 aromatic carbocycles. The van der Waals surface area contributed by atoms with Crippen LogP contribution in [0.2, 0.25) is 0 Å². The maximum absolute atomic E-state index is 14.4. The third-order valence-electron chi connectivity index (χ3n) is 16.7. The van der Waals surface area contributed by atoms with Crippen molar-refractivity contribution in [3.63, 3.8) is 0 Å². The number of carbonyl (C=O) groups is 5. The van der Waals surface area contributed by atoms with Crippen LogP contribution in [0.4, 0.5) is 5.69 Å². The average molecular weight is 1160 g/mol. The lowest BCUT2D eigenvalue weighted by atomic mass is 9.85. The van der Waals surface area contributed by atoms with Crippen molar-refractivity contribution in [3.8, 4) is 21.2 Å². The molecule has 1 saturated carbocycles. The van der Waals surface area contributed by atoms with Crippen LogP contribution in [0.25, 0.3) is 26.4 Å². The Bertz CT molecular complexity index is 3640. The van der Waals surface area contributed by atoms with Crippen LogP contribution in [0.1, 0.15) is 133 Å². The van der Waals surface area contributed by atoms with Crippen molar-refractivity contribution < 1.29 is 43.0 Å². The molecule has 21 heteroatoms. The van der Waals surface area contributed by atoms with Crippen molar-refractivity contribution in [3.05, 3.63) is 129 Å². The number of β-amino-alcohol motifs (C(OH)–C–C–N with tert-alkyl or cyclic N) is 1. The smallest absolute Gasteiger partial charge is 0.308 e. The second kappa shape index (κ2) is 23.1. The number of likely N-dealkylation sites (tertiary alicyclic amines) is 1. The molecule has 0 spiro atoms. The monoisotopic (exact) mass is 1160 g/mol. The molecule has 3 fully saturated rings. The van der Waals surface area contributed by atoms with E-state index in [4.69, 9.17) is 18.9 Å². The number of carbonyl (C=O) groups excluding carboxylic acids is 5. The number of aryl methyl sites for hydroxylation is 3. The van der Waals surface area contributed by atoms with Gasteiger partial charge in [0.1, 0.15) is 46.4 Å². The molecule has 0 bridgehead atoms. The number of amides is 4. The molecule has 0 radical (unpaired) electrons. The molecule has 83 heavy (non-hydrogen) atoms. The Hall–Kier alpha value is -7.75. The molecule has 1 unspecified atom stereocenters. The number of nitrogens with one attached hydrogen (secondary N) is 3. The molecule has 3 aliphatic heterocycles. The van der Waals surface area contributed by atoms with Gasteiger partial charge in [0.2, 0.25) is 17.7 Å². The van der Waals surface area contributed by atoms with Crippen molar-refractivity contribution in [2.45, 2.75) is 136 Å². The number of aliphatic hydroxyl groups excluding tert-OH is 1. The number of thiophene rings is 1.